The normalized spacial score (nSPS) is 22.1. The summed E-state index contributed by atoms with van der Waals surface area (Å²) in [6.45, 7) is 6.31. The van der Waals surface area contributed by atoms with Crippen LogP contribution in [0.5, 0.6) is 0 Å². The fraction of sp³-hybridized carbons (Fsp3) is 0.538. The summed E-state index contributed by atoms with van der Waals surface area (Å²) in [5.74, 6) is -0.796. The molecular weight excluding hydrogens is 281 g/mol. The molecule has 0 aliphatic carbocycles. The van der Waals surface area contributed by atoms with Crippen molar-refractivity contribution in [1.29, 1.82) is 0 Å². The van der Waals surface area contributed by atoms with Crippen molar-refractivity contribution in [3.8, 4) is 0 Å². The van der Waals surface area contributed by atoms with Crippen LogP contribution in [0.15, 0.2) is 23.1 Å². The standard InChI is InChI=1S/C13H20FN3O2S/c1-3-16-6-7-17(9-10(16)2)20(18,19)13-5-4-11(15)8-12(13)14/h4-5,8,10H,3,6-7,9,15H2,1-2H3. The van der Waals surface area contributed by atoms with Gasteiger partial charge in [-0.1, -0.05) is 6.92 Å². The lowest BCUT2D eigenvalue weighted by molar-refractivity contribution is 0.135. The molecule has 2 rings (SSSR count). The van der Waals surface area contributed by atoms with Gasteiger partial charge in [0, 0.05) is 31.4 Å². The molecule has 1 aliphatic heterocycles. The van der Waals surface area contributed by atoms with E-state index < -0.39 is 15.8 Å². The van der Waals surface area contributed by atoms with E-state index in [1.165, 1.54) is 16.4 Å². The third-order valence-corrected chi connectivity index (χ3v) is 5.61. The van der Waals surface area contributed by atoms with Crippen molar-refractivity contribution < 1.29 is 12.8 Å². The van der Waals surface area contributed by atoms with Gasteiger partial charge in [0.1, 0.15) is 10.7 Å². The first-order chi connectivity index (χ1) is 9.36. The van der Waals surface area contributed by atoms with Gasteiger partial charge in [-0.15, -0.1) is 0 Å². The molecule has 5 nitrogen and oxygen atoms in total. The fourth-order valence-corrected chi connectivity index (χ4v) is 4.07. The third-order valence-electron chi connectivity index (χ3n) is 3.71. The van der Waals surface area contributed by atoms with Crippen LogP contribution in [-0.4, -0.2) is 49.8 Å². The molecule has 1 fully saturated rings. The first kappa shape index (κ1) is 15.2. The Morgan fingerprint density at radius 1 is 1.40 bits per heavy atom. The molecule has 0 aromatic heterocycles. The minimum Gasteiger partial charge on any atom is -0.399 e. The number of sulfonamides is 1. The van der Waals surface area contributed by atoms with E-state index in [1.54, 1.807) is 0 Å². The third kappa shape index (κ3) is 2.79. The molecule has 7 heteroatoms. The van der Waals surface area contributed by atoms with Crippen molar-refractivity contribution in [2.75, 3.05) is 31.9 Å². The van der Waals surface area contributed by atoms with Crippen molar-refractivity contribution in [3.05, 3.63) is 24.0 Å². The molecule has 1 heterocycles. The molecule has 1 atom stereocenters. The summed E-state index contributed by atoms with van der Waals surface area (Å²) < 4.78 is 40.2. The summed E-state index contributed by atoms with van der Waals surface area (Å²) in [6.07, 6.45) is 0. The highest BCUT2D eigenvalue weighted by molar-refractivity contribution is 7.89. The van der Waals surface area contributed by atoms with Gasteiger partial charge in [-0.3, -0.25) is 4.90 Å². The molecule has 2 N–H and O–H groups in total. The first-order valence-electron chi connectivity index (χ1n) is 6.65. The topological polar surface area (TPSA) is 66.6 Å². The van der Waals surface area contributed by atoms with Crippen molar-refractivity contribution in [3.63, 3.8) is 0 Å². The SMILES string of the molecule is CCN1CCN(S(=O)(=O)c2ccc(N)cc2F)CC1C. The Kier molecular flexibility index (Phi) is 4.31. The number of nitrogen functional groups attached to an aromatic ring is 1. The molecule has 1 unspecified atom stereocenters. The van der Waals surface area contributed by atoms with Gasteiger partial charge in [-0.2, -0.15) is 4.31 Å². The lowest BCUT2D eigenvalue weighted by atomic mass is 10.2. The highest BCUT2D eigenvalue weighted by atomic mass is 32.2. The number of rotatable bonds is 3. The quantitative estimate of drug-likeness (QED) is 0.850. The van der Waals surface area contributed by atoms with E-state index in [4.69, 9.17) is 5.73 Å². The lowest BCUT2D eigenvalue weighted by Crippen LogP contribution is -2.53. The summed E-state index contributed by atoms with van der Waals surface area (Å²) >= 11 is 0. The van der Waals surface area contributed by atoms with Gasteiger partial charge in [0.15, 0.2) is 0 Å². The molecule has 1 aromatic carbocycles. The summed E-state index contributed by atoms with van der Waals surface area (Å²) in [5.41, 5.74) is 5.67. The average Bonchev–Trinajstić information content (AvgIpc) is 2.38. The molecular formula is C13H20FN3O2S. The molecule has 0 radical (unpaired) electrons. The number of nitrogens with zero attached hydrogens (tertiary/aromatic N) is 2. The van der Waals surface area contributed by atoms with Crippen molar-refractivity contribution in [1.82, 2.24) is 9.21 Å². The maximum atomic E-state index is 13.8. The van der Waals surface area contributed by atoms with E-state index in [9.17, 15) is 12.8 Å². The number of hydrogen-bond acceptors (Lipinski definition) is 4. The number of nitrogens with two attached hydrogens (primary N) is 1. The largest absolute Gasteiger partial charge is 0.399 e. The number of benzene rings is 1. The number of piperazine rings is 1. The van der Waals surface area contributed by atoms with Gasteiger partial charge >= 0.3 is 0 Å². The van der Waals surface area contributed by atoms with E-state index in [0.717, 1.165) is 12.6 Å². The van der Waals surface area contributed by atoms with Crippen LogP contribution in [0.1, 0.15) is 13.8 Å². The van der Waals surface area contributed by atoms with Crippen LogP contribution >= 0.6 is 0 Å². The second kappa shape index (κ2) is 5.67. The molecule has 1 saturated heterocycles. The van der Waals surface area contributed by atoms with E-state index >= 15 is 0 Å². The van der Waals surface area contributed by atoms with Gasteiger partial charge in [-0.25, -0.2) is 12.8 Å². The smallest absolute Gasteiger partial charge is 0.246 e. The number of halogens is 1. The van der Waals surface area contributed by atoms with Gasteiger partial charge in [0.2, 0.25) is 10.0 Å². The zero-order valence-electron chi connectivity index (χ0n) is 11.7. The summed E-state index contributed by atoms with van der Waals surface area (Å²) in [7, 11) is -3.80. The minimum absolute atomic E-state index is 0.125. The second-order valence-electron chi connectivity index (χ2n) is 5.03. The molecule has 112 valence electrons. The Balaban J connectivity index is 2.27. The predicted molar refractivity (Wildman–Crippen MR) is 76.3 cm³/mol. The maximum absolute atomic E-state index is 13.8. The van der Waals surface area contributed by atoms with Crippen LogP contribution in [0.3, 0.4) is 0 Å². The van der Waals surface area contributed by atoms with E-state index in [1.807, 2.05) is 13.8 Å². The van der Waals surface area contributed by atoms with Gasteiger partial charge in [0.05, 0.1) is 0 Å². The Hall–Kier alpha value is -1.18. The number of likely N-dealkylation sites (N-methyl/N-ethyl adjacent to an activating group) is 1. The maximum Gasteiger partial charge on any atom is 0.246 e. The Labute approximate surface area is 119 Å². The fourth-order valence-electron chi connectivity index (χ4n) is 2.52. The van der Waals surface area contributed by atoms with Crippen molar-refractivity contribution in [2.24, 2.45) is 0 Å². The molecule has 1 aliphatic rings. The minimum atomic E-state index is -3.80. The van der Waals surface area contributed by atoms with Gasteiger partial charge < -0.3 is 5.73 Å². The predicted octanol–water partition coefficient (Wildman–Crippen LogP) is 1.12. The van der Waals surface area contributed by atoms with Crippen LogP contribution in [0.25, 0.3) is 0 Å². The van der Waals surface area contributed by atoms with Crippen LogP contribution in [0, 0.1) is 5.82 Å². The lowest BCUT2D eigenvalue weighted by Gasteiger charge is -2.38. The highest BCUT2D eigenvalue weighted by Crippen LogP contribution is 2.23. The second-order valence-corrected chi connectivity index (χ2v) is 6.94. The molecule has 0 bridgehead atoms. The van der Waals surface area contributed by atoms with Crippen molar-refractivity contribution in [2.45, 2.75) is 24.8 Å². The monoisotopic (exact) mass is 301 g/mol. The molecule has 0 saturated carbocycles. The summed E-state index contributed by atoms with van der Waals surface area (Å²) in [5, 5.41) is 0. The van der Waals surface area contributed by atoms with Gasteiger partial charge in [0.25, 0.3) is 0 Å². The van der Waals surface area contributed by atoms with Gasteiger partial charge in [-0.05, 0) is 31.7 Å². The van der Waals surface area contributed by atoms with Crippen LogP contribution < -0.4 is 5.73 Å². The van der Waals surface area contributed by atoms with Crippen LogP contribution in [0.2, 0.25) is 0 Å². The van der Waals surface area contributed by atoms with Crippen LogP contribution in [0.4, 0.5) is 10.1 Å². The van der Waals surface area contributed by atoms with E-state index in [-0.39, 0.29) is 16.6 Å². The molecule has 1 aromatic rings. The van der Waals surface area contributed by atoms with E-state index in [0.29, 0.717) is 19.6 Å². The molecule has 20 heavy (non-hydrogen) atoms. The summed E-state index contributed by atoms with van der Waals surface area (Å²) in [4.78, 5) is 1.90. The number of hydrogen-bond donors (Lipinski definition) is 1. The highest BCUT2D eigenvalue weighted by Gasteiger charge is 2.33. The Morgan fingerprint density at radius 3 is 2.65 bits per heavy atom. The zero-order valence-corrected chi connectivity index (χ0v) is 12.5. The van der Waals surface area contributed by atoms with Crippen molar-refractivity contribution >= 4 is 15.7 Å². The van der Waals surface area contributed by atoms with E-state index in [2.05, 4.69) is 4.90 Å². The average molecular weight is 301 g/mol. The number of anilines is 1. The first-order valence-corrected chi connectivity index (χ1v) is 8.09. The van der Waals surface area contributed by atoms with Crippen LogP contribution in [-0.2, 0) is 10.0 Å². The molecule has 0 spiro atoms. The Morgan fingerprint density at radius 2 is 2.10 bits per heavy atom. The Bertz CT molecular complexity index is 591. The molecule has 0 amide bonds. The summed E-state index contributed by atoms with van der Waals surface area (Å²) in [6, 6.07) is 3.80. The zero-order chi connectivity index (χ0) is 14.9.